The second kappa shape index (κ2) is 5.68. The number of ether oxygens (including phenoxy) is 1. The largest absolute Gasteiger partial charge is 0.459 e. The van der Waals surface area contributed by atoms with Gasteiger partial charge in [-0.05, 0) is 38.5 Å². The molecule has 0 amide bonds. The number of benzene rings is 1. The first-order chi connectivity index (χ1) is 10.6. The lowest BCUT2D eigenvalue weighted by atomic mass is 10.0. The Balaban J connectivity index is 2.30. The summed E-state index contributed by atoms with van der Waals surface area (Å²) in [6, 6.07) is 15.8. The van der Waals surface area contributed by atoms with Crippen LogP contribution in [0.5, 0.6) is 0 Å². The smallest absolute Gasteiger partial charge is 0.341 e. The highest BCUT2D eigenvalue weighted by Crippen LogP contribution is 2.33. The molecule has 0 saturated carbocycles. The Labute approximate surface area is 130 Å². The lowest BCUT2D eigenvalue weighted by Gasteiger charge is -2.09. The van der Waals surface area contributed by atoms with Gasteiger partial charge in [0.15, 0.2) is 0 Å². The van der Waals surface area contributed by atoms with Gasteiger partial charge in [0.1, 0.15) is 0 Å². The minimum Gasteiger partial charge on any atom is -0.459 e. The Hall–Kier alpha value is -2.55. The van der Waals surface area contributed by atoms with Crippen molar-refractivity contribution >= 4 is 11.5 Å². The minimum atomic E-state index is -0.273. The second-order valence-electron chi connectivity index (χ2n) is 5.61. The molecule has 0 N–H and O–H groups in total. The van der Waals surface area contributed by atoms with Crippen molar-refractivity contribution in [1.29, 1.82) is 0 Å². The van der Waals surface area contributed by atoms with Gasteiger partial charge in [0.2, 0.25) is 0 Å². The molecule has 2 heterocycles. The van der Waals surface area contributed by atoms with Crippen molar-refractivity contribution in [2.45, 2.75) is 26.9 Å². The number of hydrogen-bond acceptors (Lipinski definition) is 2. The average Bonchev–Trinajstić information content (AvgIpc) is 2.81. The molecule has 3 rings (SSSR count). The van der Waals surface area contributed by atoms with Gasteiger partial charge in [0.25, 0.3) is 0 Å². The standard InChI is InChI=1S/C19H19NO2/c1-13(2)22-19(21)18-16-11-7-8-12-20(16)14(3)17(18)15-9-5-4-6-10-15/h4-13H,1-3H3. The molecule has 1 aromatic carbocycles. The van der Waals surface area contributed by atoms with Crippen LogP contribution in [0.15, 0.2) is 54.7 Å². The number of pyridine rings is 1. The molecule has 0 fully saturated rings. The second-order valence-corrected chi connectivity index (χ2v) is 5.61. The fraction of sp³-hybridized carbons (Fsp3) is 0.211. The third kappa shape index (κ3) is 2.39. The maximum absolute atomic E-state index is 12.6. The molecule has 0 atom stereocenters. The van der Waals surface area contributed by atoms with Crippen molar-refractivity contribution in [1.82, 2.24) is 4.40 Å². The van der Waals surface area contributed by atoms with E-state index in [9.17, 15) is 4.79 Å². The predicted octanol–water partition coefficient (Wildman–Crippen LogP) is 4.48. The van der Waals surface area contributed by atoms with Crippen LogP contribution in [0.3, 0.4) is 0 Å². The van der Waals surface area contributed by atoms with Crippen molar-refractivity contribution in [2.24, 2.45) is 0 Å². The van der Waals surface area contributed by atoms with Gasteiger partial charge in [-0.2, -0.15) is 0 Å². The van der Waals surface area contributed by atoms with E-state index in [1.54, 1.807) is 0 Å². The maximum Gasteiger partial charge on any atom is 0.341 e. The van der Waals surface area contributed by atoms with Crippen molar-refractivity contribution < 1.29 is 9.53 Å². The number of carbonyl (C=O) groups is 1. The third-order valence-electron chi connectivity index (χ3n) is 3.70. The predicted molar refractivity (Wildman–Crippen MR) is 88.1 cm³/mol. The molecule has 0 radical (unpaired) electrons. The van der Waals surface area contributed by atoms with E-state index in [-0.39, 0.29) is 12.1 Å². The van der Waals surface area contributed by atoms with Crippen LogP contribution in [-0.2, 0) is 4.74 Å². The molecule has 3 nitrogen and oxygen atoms in total. The first kappa shape index (κ1) is 14.4. The molecule has 0 aliphatic heterocycles. The van der Waals surface area contributed by atoms with Gasteiger partial charge in [0.05, 0.1) is 17.2 Å². The molecular formula is C19H19NO2. The Morgan fingerprint density at radius 2 is 1.73 bits per heavy atom. The number of rotatable bonds is 3. The third-order valence-corrected chi connectivity index (χ3v) is 3.70. The number of nitrogens with zero attached hydrogens (tertiary/aromatic N) is 1. The van der Waals surface area contributed by atoms with Crippen LogP contribution in [-0.4, -0.2) is 16.5 Å². The molecule has 112 valence electrons. The van der Waals surface area contributed by atoms with Gasteiger partial charge in [-0.1, -0.05) is 36.4 Å². The van der Waals surface area contributed by atoms with Crippen LogP contribution in [0.1, 0.15) is 29.9 Å². The fourth-order valence-electron chi connectivity index (χ4n) is 2.81. The number of aryl methyl sites for hydroxylation is 1. The maximum atomic E-state index is 12.6. The van der Waals surface area contributed by atoms with Crippen molar-refractivity contribution in [2.75, 3.05) is 0 Å². The zero-order valence-electron chi connectivity index (χ0n) is 13.0. The first-order valence-corrected chi connectivity index (χ1v) is 7.45. The normalized spacial score (nSPS) is 11.1. The van der Waals surface area contributed by atoms with Gasteiger partial charge in [-0.15, -0.1) is 0 Å². The molecule has 0 spiro atoms. The van der Waals surface area contributed by atoms with Crippen LogP contribution in [0.2, 0.25) is 0 Å². The van der Waals surface area contributed by atoms with E-state index < -0.39 is 0 Å². The fourth-order valence-corrected chi connectivity index (χ4v) is 2.81. The number of esters is 1. The minimum absolute atomic E-state index is 0.143. The SMILES string of the molecule is Cc1c(-c2ccccc2)c(C(=O)OC(C)C)c2ccccn12. The van der Waals surface area contributed by atoms with Crippen LogP contribution in [0.25, 0.3) is 16.6 Å². The summed E-state index contributed by atoms with van der Waals surface area (Å²) in [5.74, 6) is -0.273. The van der Waals surface area contributed by atoms with Crippen LogP contribution in [0, 0.1) is 6.92 Å². The molecular weight excluding hydrogens is 274 g/mol. The van der Waals surface area contributed by atoms with Crippen LogP contribution in [0.4, 0.5) is 0 Å². The zero-order valence-corrected chi connectivity index (χ0v) is 13.0. The monoisotopic (exact) mass is 293 g/mol. The molecule has 3 heteroatoms. The number of fused-ring (bicyclic) bond motifs is 1. The molecule has 22 heavy (non-hydrogen) atoms. The molecule has 0 saturated heterocycles. The van der Waals surface area contributed by atoms with E-state index in [0.29, 0.717) is 5.56 Å². The van der Waals surface area contributed by atoms with Gasteiger partial charge in [-0.25, -0.2) is 4.79 Å². The molecule has 0 aliphatic carbocycles. The van der Waals surface area contributed by atoms with E-state index in [0.717, 1.165) is 22.3 Å². The molecule has 0 aliphatic rings. The lowest BCUT2D eigenvalue weighted by molar-refractivity contribution is 0.0381. The van der Waals surface area contributed by atoms with Gasteiger partial charge >= 0.3 is 5.97 Å². The zero-order chi connectivity index (χ0) is 15.7. The summed E-state index contributed by atoms with van der Waals surface area (Å²) in [4.78, 5) is 12.6. The summed E-state index contributed by atoms with van der Waals surface area (Å²) in [6.45, 7) is 5.76. The van der Waals surface area contributed by atoms with Crippen molar-refractivity contribution in [3.63, 3.8) is 0 Å². The van der Waals surface area contributed by atoms with E-state index in [1.807, 2.05) is 79.9 Å². The van der Waals surface area contributed by atoms with Crippen molar-refractivity contribution in [3.8, 4) is 11.1 Å². The highest BCUT2D eigenvalue weighted by molar-refractivity contribution is 6.05. The topological polar surface area (TPSA) is 30.7 Å². The highest BCUT2D eigenvalue weighted by Gasteiger charge is 2.23. The number of hydrogen-bond donors (Lipinski definition) is 0. The van der Waals surface area contributed by atoms with Gasteiger partial charge in [-0.3, -0.25) is 0 Å². The van der Waals surface area contributed by atoms with E-state index in [4.69, 9.17) is 4.74 Å². The Morgan fingerprint density at radius 1 is 1.05 bits per heavy atom. The van der Waals surface area contributed by atoms with Gasteiger partial charge in [0, 0.05) is 17.5 Å². The summed E-state index contributed by atoms with van der Waals surface area (Å²) in [7, 11) is 0. The lowest BCUT2D eigenvalue weighted by Crippen LogP contribution is -2.12. The molecule has 2 aromatic heterocycles. The first-order valence-electron chi connectivity index (χ1n) is 7.45. The molecule has 3 aromatic rings. The summed E-state index contributed by atoms with van der Waals surface area (Å²) in [6.07, 6.45) is 1.83. The van der Waals surface area contributed by atoms with E-state index in [2.05, 4.69) is 0 Å². The quantitative estimate of drug-likeness (QED) is 0.667. The Bertz CT molecular complexity index is 816. The van der Waals surface area contributed by atoms with Crippen LogP contribution >= 0.6 is 0 Å². The van der Waals surface area contributed by atoms with E-state index in [1.165, 1.54) is 0 Å². The van der Waals surface area contributed by atoms with E-state index >= 15 is 0 Å². The molecule has 0 unspecified atom stereocenters. The van der Waals surface area contributed by atoms with Crippen LogP contribution < -0.4 is 0 Å². The Morgan fingerprint density at radius 3 is 2.41 bits per heavy atom. The number of aromatic nitrogens is 1. The summed E-state index contributed by atoms with van der Waals surface area (Å²) >= 11 is 0. The number of carbonyl (C=O) groups excluding carboxylic acids is 1. The summed E-state index contributed by atoms with van der Waals surface area (Å²) in [5.41, 5.74) is 4.52. The van der Waals surface area contributed by atoms with Gasteiger partial charge < -0.3 is 9.14 Å². The molecule has 0 bridgehead atoms. The van der Waals surface area contributed by atoms with Crippen molar-refractivity contribution in [3.05, 3.63) is 66.0 Å². The summed E-state index contributed by atoms with van der Waals surface area (Å²) < 4.78 is 7.51. The Kier molecular flexibility index (Phi) is 3.72. The highest BCUT2D eigenvalue weighted by atomic mass is 16.5. The average molecular weight is 293 g/mol. The summed E-state index contributed by atoms with van der Waals surface area (Å²) in [5, 5.41) is 0.